The summed E-state index contributed by atoms with van der Waals surface area (Å²) >= 11 is 0. The molecule has 0 saturated heterocycles. The van der Waals surface area contributed by atoms with E-state index >= 15 is 0 Å². The zero-order chi connectivity index (χ0) is 17.2. The molecule has 0 saturated carbocycles. The predicted molar refractivity (Wildman–Crippen MR) is 76.7 cm³/mol. The Morgan fingerprint density at radius 1 is 0.870 bits per heavy atom. The Hall–Kier alpha value is -2.42. The van der Waals surface area contributed by atoms with Crippen molar-refractivity contribution in [3.8, 4) is 11.5 Å². The molecule has 9 heteroatoms. The van der Waals surface area contributed by atoms with Gasteiger partial charge < -0.3 is 9.47 Å². The van der Waals surface area contributed by atoms with Crippen molar-refractivity contribution in [2.45, 2.75) is 4.90 Å². The normalized spacial score (nSPS) is 11.2. The Kier molecular flexibility index (Phi) is 4.69. The molecule has 1 N–H and O–H groups in total. The summed E-state index contributed by atoms with van der Waals surface area (Å²) in [7, 11) is -1.82. The number of anilines is 1. The van der Waals surface area contributed by atoms with Crippen LogP contribution < -0.4 is 14.2 Å². The predicted octanol–water partition coefficient (Wildman–Crippen LogP) is 2.92. The van der Waals surface area contributed by atoms with Crippen LogP contribution in [0.15, 0.2) is 35.2 Å². The van der Waals surface area contributed by atoms with E-state index in [9.17, 15) is 21.6 Å². The summed E-state index contributed by atoms with van der Waals surface area (Å²) in [6.07, 6.45) is 0. The molecule has 0 heterocycles. The average Bonchev–Trinajstić information content (AvgIpc) is 2.47. The van der Waals surface area contributed by atoms with E-state index in [1.165, 1.54) is 14.2 Å². The van der Waals surface area contributed by atoms with E-state index in [4.69, 9.17) is 9.47 Å². The zero-order valence-electron chi connectivity index (χ0n) is 12.1. The number of ether oxygens (including phenoxy) is 2. The van der Waals surface area contributed by atoms with Crippen molar-refractivity contribution < 1.29 is 31.1 Å². The number of hydrogen-bond donors (Lipinski definition) is 1. The number of hydrogen-bond acceptors (Lipinski definition) is 4. The van der Waals surface area contributed by atoms with Gasteiger partial charge in [-0.3, -0.25) is 4.72 Å². The molecule has 0 unspecified atom stereocenters. The van der Waals surface area contributed by atoms with Gasteiger partial charge in [-0.1, -0.05) is 0 Å². The highest BCUT2D eigenvalue weighted by molar-refractivity contribution is 7.92. The van der Waals surface area contributed by atoms with Gasteiger partial charge >= 0.3 is 0 Å². The Morgan fingerprint density at radius 3 is 1.91 bits per heavy atom. The minimum Gasteiger partial charge on any atom is -0.493 e. The first-order chi connectivity index (χ1) is 10.8. The fourth-order valence-electron chi connectivity index (χ4n) is 1.82. The lowest BCUT2D eigenvalue weighted by atomic mass is 10.2. The number of benzene rings is 2. The second kappa shape index (κ2) is 6.37. The average molecular weight is 347 g/mol. The second-order valence-corrected chi connectivity index (χ2v) is 6.08. The molecule has 2 aromatic rings. The van der Waals surface area contributed by atoms with E-state index < -0.39 is 38.1 Å². The molecule has 0 radical (unpaired) electrons. The smallest absolute Gasteiger partial charge is 0.262 e. The number of halogens is 3. The van der Waals surface area contributed by atoms with Gasteiger partial charge in [0.25, 0.3) is 10.0 Å². The van der Waals surface area contributed by atoms with Crippen molar-refractivity contribution in [3.05, 3.63) is 47.8 Å². The quantitative estimate of drug-likeness (QED) is 0.903. The van der Waals surface area contributed by atoms with Crippen molar-refractivity contribution >= 4 is 15.7 Å². The van der Waals surface area contributed by atoms with E-state index in [-0.39, 0.29) is 11.5 Å². The number of rotatable bonds is 5. The summed E-state index contributed by atoms with van der Waals surface area (Å²) < 4.78 is 76.2. The highest BCUT2D eigenvalue weighted by atomic mass is 32.2. The van der Waals surface area contributed by atoms with Crippen LogP contribution in [0.25, 0.3) is 0 Å². The lowest BCUT2D eigenvalue weighted by Gasteiger charge is -2.13. The molecule has 0 aliphatic heterocycles. The standard InChI is InChI=1S/C14H12F3NO4S/c1-21-13-6-11(17)12(7-14(13)22-2)18-23(19,20)10-4-8(15)3-9(16)5-10/h3-7,18H,1-2H3. The molecule has 2 rings (SSSR count). The monoisotopic (exact) mass is 347 g/mol. The fraction of sp³-hybridized carbons (Fsp3) is 0.143. The van der Waals surface area contributed by atoms with Gasteiger partial charge in [0.05, 0.1) is 24.8 Å². The summed E-state index contributed by atoms with van der Waals surface area (Å²) in [6.45, 7) is 0. The Labute approximate surface area is 130 Å². The van der Waals surface area contributed by atoms with Crippen molar-refractivity contribution in [2.75, 3.05) is 18.9 Å². The summed E-state index contributed by atoms with van der Waals surface area (Å²) in [5.41, 5.74) is -0.452. The molecule has 2 aromatic carbocycles. The van der Waals surface area contributed by atoms with Crippen LogP contribution in [0.4, 0.5) is 18.9 Å². The third kappa shape index (κ3) is 3.67. The molecule has 0 atom stereocenters. The van der Waals surface area contributed by atoms with Crippen molar-refractivity contribution in [3.63, 3.8) is 0 Å². The molecule has 23 heavy (non-hydrogen) atoms. The van der Waals surface area contributed by atoms with Gasteiger partial charge in [-0.15, -0.1) is 0 Å². The first kappa shape index (κ1) is 16.9. The zero-order valence-corrected chi connectivity index (χ0v) is 12.9. The molecule has 0 fully saturated rings. The van der Waals surface area contributed by atoms with Gasteiger partial charge in [0, 0.05) is 18.2 Å². The van der Waals surface area contributed by atoms with Gasteiger partial charge in [0.1, 0.15) is 11.6 Å². The van der Waals surface area contributed by atoms with Crippen molar-refractivity contribution in [2.24, 2.45) is 0 Å². The molecular weight excluding hydrogens is 335 g/mol. The van der Waals surface area contributed by atoms with Crippen molar-refractivity contribution in [1.82, 2.24) is 0 Å². The minimum atomic E-state index is -4.39. The number of sulfonamides is 1. The highest BCUT2D eigenvalue weighted by Crippen LogP contribution is 2.33. The topological polar surface area (TPSA) is 64.6 Å². The van der Waals surface area contributed by atoms with E-state index in [1.54, 1.807) is 0 Å². The maximum atomic E-state index is 13.9. The molecule has 124 valence electrons. The van der Waals surface area contributed by atoms with Crippen molar-refractivity contribution in [1.29, 1.82) is 0 Å². The Morgan fingerprint density at radius 2 is 1.39 bits per heavy atom. The summed E-state index contributed by atoms with van der Waals surface area (Å²) in [5, 5.41) is 0. The second-order valence-electron chi connectivity index (χ2n) is 4.40. The molecule has 5 nitrogen and oxygen atoms in total. The number of nitrogens with one attached hydrogen (secondary N) is 1. The van der Waals surface area contributed by atoms with Gasteiger partial charge in [0.15, 0.2) is 17.3 Å². The van der Waals surface area contributed by atoms with Crippen LogP contribution in [0, 0.1) is 17.5 Å². The summed E-state index contributed by atoms with van der Waals surface area (Å²) in [5.74, 6) is -2.94. The Bertz CT molecular complexity index is 820. The lowest BCUT2D eigenvalue weighted by molar-refractivity contribution is 0.353. The van der Waals surface area contributed by atoms with E-state index in [0.717, 1.165) is 12.1 Å². The third-order valence-electron chi connectivity index (χ3n) is 2.86. The van der Waals surface area contributed by atoms with Crippen LogP contribution in [0.2, 0.25) is 0 Å². The first-order valence-electron chi connectivity index (χ1n) is 6.17. The van der Waals surface area contributed by atoms with E-state index in [1.807, 2.05) is 4.72 Å². The summed E-state index contributed by atoms with van der Waals surface area (Å²) in [6, 6.07) is 3.73. The van der Waals surface area contributed by atoms with Crippen LogP contribution in [0.1, 0.15) is 0 Å². The van der Waals surface area contributed by atoms with Crippen LogP contribution in [-0.2, 0) is 10.0 Å². The molecule has 0 amide bonds. The van der Waals surface area contributed by atoms with Crippen LogP contribution in [0.3, 0.4) is 0 Å². The van der Waals surface area contributed by atoms with Gasteiger partial charge in [0.2, 0.25) is 0 Å². The molecular formula is C14H12F3NO4S. The largest absolute Gasteiger partial charge is 0.493 e. The molecule has 0 spiro atoms. The highest BCUT2D eigenvalue weighted by Gasteiger charge is 2.20. The van der Waals surface area contributed by atoms with Gasteiger partial charge in [-0.05, 0) is 12.1 Å². The maximum Gasteiger partial charge on any atom is 0.262 e. The van der Waals surface area contributed by atoms with E-state index in [0.29, 0.717) is 18.2 Å². The number of methoxy groups -OCH3 is 2. The maximum absolute atomic E-state index is 13.9. The Balaban J connectivity index is 2.44. The molecule has 0 aromatic heterocycles. The fourth-order valence-corrected chi connectivity index (χ4v) is 2.92. The SMILES string of the molecule is COc1cc(F)c(NS(=O)(=O)c2cc(F)cc(F)c2)cc1OC. The lowest BCUT2D eigenvalue weighted by Crippen LogP contribution is -2.14. The van der Waals surface area contributed by atoms with Crippen LogP contribution in [0.5, 0.6) is 11.5 Å². The molecule has 0 aliphatic rings. The van der Waals surface area contributed by atoms with Gasteiger partial charge in [-0.25, -0.2) is 21.6 Å². The van der Waals surface area contributed by atoms with Crippen LogP contribution in [-0.4, -0.2) is 22.6 Å². The molecule has 0 aliphatic carbocycles. The molecule has 0 bridgehead atoms. The van der Waals surface area contributed by atoms with Crippen LogP contribution >= 0.6 is 0 Å². The van der Waals surface area contributed by atoms with E-state index in [2.05, 4.69) is 0 Å². The minimum absolute atomic E-state index is 0.0600. The summed E-state index contributed by atoms with van der Waals surface area (Å²) in [4.78, 5) is -0.677. The third-order valence-corrected chi connectivity index (χ3v) is 4.21. The first-order valence-corrected chi connectivity index (χ1v) is 7.65. The van der Waals surface area contributed by atoms with Gasteiger partial charge in [-0.2, -0.15) is 0 Å².